The molecule has 35 heavy (non-hydrogen) atoms. The van der Waals surface area contributed by atoms with E-state index in [9.17, 15) is 13.2 Å². The van der Waals surface area contributed by atoms with Gasteiger partial charge in [0.2, 0.25) is 5.95 Å². The monoisotopic (exact) mass is 482 g/mol. The van der Waals surface area contributed by atoms with Gasteiger partial charge < -0.3 is 5.32 Å². The minimum Gasteiger partial charge on any atom is -0.325 e. The molecule has 4 aromatic heterocycles. The number of hydrogen-bond donors (Lipinski definition) is 1. The quantitative estimate of drug-likeness (QED) is 0.450. The number of anilines is 2. The number of fused-ring (bicyclic) bond motifs is 3. The van der Waals surface area contributed by atoms with Crippen LogP contribution in [0.2, 0.25) is 0 Å². The number of halogens is 3. The third-order valence-electron chi connectivity index (χ3n) is 7.33. The summed E-state index contributed by atoms with van der Waals surface area (Å²) < 4.78 is 47.5. The van der Waals surface area contributed by atoms with Gasteiger partial charge in [-0.15, -0.1) is 10.2 Å². The highest BCUT2D eigenvalue weighted by molar-refractivity contribution is 5.71. The van der Waals surface area contributed by atoms with Crippen molar-refractivity contribution in [2.24, 2.45) is 7.05 Å². The second kappa shape index (κ2) is 7.69. The SMILES string of the molecule is Cc1cnc(Nc2ccnn2C)cc1-c1cc2n(c1)-c1nnc(C3(C(F)(F)F)CCC3)n1CCC2. The van der Waals surface area contributed by atoms with Crippen molar-refractivity contribution in [1.82, 2.24) is 34.1 Å². The lowest BCUT2D eigenvalue weighted by molar-refractivity contribution is -0.216. The first kappa shape index (κ1) is 21.9. The highest BCUT2D eigenvalue weighted by Crippen LogP contribution is 2.54. The minimum absolute atomic E-state index is 0.0529. The van der Waals surface area contributed by atoms with Crippen molar-refractivity contribution in [2.45, 2.75) is 57.2 Å². The molecule has 2 aliphatic rings. The maximum absolute atomic E-state index is 14.0. The average molecular weight is 483 g/mol. The van der Waals surface area contributed by atoms with Crippen LogP contribution in [-0.4, -0.2) is 40.3 Å². The first-order valence-corrected chi connectivity index (χ1v) is 11.7. The number of hydrogen-bond acceptors (Lipinski definition) is 5. The fraction of sp³-hybridized carbons (Fsp3) is 0.417. The van der Waals surface area contributed by atoms with E-state index < -0.39 is 11.6 Å². The maximum Gasteiger partial charge on any atom is 0.401 e. The lowest BCUT2D eigenvalue weighted by atomic mass is 9.67. The van der Waals surface area contributed by atoms with Gasteiger partial charge in [-0.05, 0) is 55.9 Å². The molecule has 8 nitrogen and oxygen atoms in total. The van der Waals surface area contributed by atoms with E-state index in [0.717, 1.165) is 41.0 Å². The largest absolute Gasteiger partial charge is 0.401 e. The number of rotatable bonds is 4. The summed E-state index contributed by atoms with van der Waals surface area (Å²) in [5.74, 6) is 2.00. The number of aryl methyl sites for hydroxylation is 3. The molecule has 0 radical (unpaired) electrons. The van der Waals surface area contributed by atoms with Crippen molar-refractivity contribution in [1.29, 1.82) is 0 Å². The third-order valence-corrected chi connectivity index (χ3v) is 7.33. The molecule has 1 aliphatic carbocycles. The van der Waals surface area contributed by atoms with Crippen LogP contribution in [0.15, 0.2) is 36.8 Å². The summed E-state index contributed by atoms with van der Waals surface area (Å²) >= 11 is 0. The van der Waals surface area contributed by atoms with Gasteiger partial charge in [-0.1, -0.05) is 6.42 Å². The van der Waals surface area contributed by atoms with Gasteiger partial charge in [0.25, 0.3) is 0 Å². The molecule has 4 aromatic rings. The van der Waals surface area contributed by atoms with E-state index in [-0.39, 0.29) is 18.7 Å². The number of nitrogens with one attached hydrogen (secondary N) is 1. The molecule has 0 spiro atoms. The second-order valence-electron chi connectivity index (χ2n) is 9.45. The maximum atomic E-state index is 14.0. The molecule has 6 rings (SSSR count). The Bertz CT molecular complexity index is 1410. The first-order chi connectivity index (χ1) is 16.8. The Morgan fingerprint density at radius 1 is 1.11 bits per heavy atom. The summed E-state index contributed by atoms with van der Waals surface area (Å²) in [7, 11) is 1.85. The van der Waals surface area contributed by atoms with Crippen LogP contribution in [0.5, 0.6) is 0 Å². The van der Waals surface area contributed by atoms with Crippen LogP contribution in [0.4, 0.5) is 24.8 Å². The Labute approximate surface area is 199 Å². The van der Waals surface area contributed by atoms with Gasteiger partial charge in [0, 0.05) is 43.3 Å². The predicted molar refractivity (Wildman–Crippen MR) is 124 cm³/mol. The Kier molecular flexibility index (Phi) is 4.81. The standard InChI is InChI=1S/C24H25F3N8/c1-15-13-28-19(30-20-6-9-29-33(20)2)12-18(15)16-11-17-5-3-10-34-21(31-32-22(34)35(17)14-16)23(7-4-8-23)24(25,26)27/h6,9,11-14H,3-5,7-8,10H2,1-2H3,(H,28,30). The van der Waals surface area contributed by atoms with Crippen LogP contribution < -0.4 is 5.32 Å². The smallest absolute Gasteiger partial charge is 0.325 e. The van der Waals surface area contributed by atoms with Crippen molar-refractivity contribution in [3.63, 3.8) is 0 Å². The first-order valence-electron chi connectivity index (χ1n) is 11.7. The highest BCUT2D eigenvalue weighted by Gasteiger charge is 2.62. The molecule has 1 N–H and O–H groups in total. The lowest BCUT2D eigenvalue weighted by Gasteiger charge is -2.42. The molecule has 182 valence electrons. The van der Waals surface area contributed by atoms with E-state index in [4.69, 9.17) is 0 Å². The molecule has 0 amide bonds. The Morgan fingerprint density at radius 2 is 1.94 bits per heavy atom. The van der Waals surface area contributed by atoms with Gasteiger partial charge in [-0.2, -0.15) is 18.3 Å². The van der Waals surface area contributed by atoms with E-state index in [0.29, 0.717) is 24.7 Å². The molecule has 0 atom stereocenters. The lowest BCUT2D eigenvalue weighted by Crippen LogP contribution is -2.50. The molecular weight excluding hydrogens is 457 g/mol. The second-order valence-corrected chi connectivity index (χ2v) is 9.45. The third kappa shape index (κ3) is 3.35. The number of alkyl halides is 3. The number of nitrogens with zero attached hydrogens (tertiary/aromatic N) is 7. The van der Waals surface area contributed by atoms with Crippen LogP contribution in [0, 0.1) is 6.92 Å². The van der Waals surface area contributed by atoms with Crippen LogP contribution in [0.3, 0.4) is 0 Å². The van der Waals surface area contributed by atoms with E-state index >= 15 is 0 Å². The van der Waals surface area contributed by atoms with Crippen molar-refractivity contribution >= 4 is 11.6 Å². The van der Waals surface area contributed by atoms with Gasteiger partial charge in [-0.3, -0.25) is 13.8 Å². The van der Waals surface area contributed by atoms with Crippen molar-refractivity contribution in [3.8, 4) is 17.1 Å². The van der Waals surface area contributed by atoms with Gasteiger partial charge >= 0.3 is 6.18 Å². The van der Waals surface area contributed by atoms with E-state index in [1.165, 1.54) is 0 Å². The summed E-state index contributed by atoms with van der Waals surface area (Å²) in [6.45, 7) is 2.46. The Hall–Kier alpha value is -3.63. The van der Waals surface area contributed by atoms with Crippen molar-refractivity contribution < 1.29 is 13.2 Å². The molecule has 5 heterocycles. The molecule has 0 bridgehead atoms. The van der Waals surface area contributed by atoms with Crippen LogP contribution in [0.25, 0.3) is 17.1 Å². The minimum atomic E-state index is -4.34. The van der Waals surface area contributed by atoms with Gasteiger partial charge in [0.05, 0.1) is 6.20 Å². The summed E-state index contributed by atoms with van der Waals surface area (Å²) in [4.78, 5) is 4.49. The van der Waals surface area contributed by atoms with E-state index in [2.05, 4.69) is 31.7 Å². The molecule has 1 aliphatic heterocycles. The molecule has 0 unspecified atom stereocenters. The fourth-order valence-electron chi connectivity index (χ4n) is 5.18. The van der Waals surface area contributed by atoms with Crippen LogP contribution in [0.1, 0.15) is 42.8 Å². The van der Waals surface area contributed by atoms with Gasteiger partial charge in [-0.25, -0.2) is 4.98 Å². The van der Waals surface area contributed by atoms with E-state index in [1.807, 2.05) is 36.9 Å². The number of aromatic nitrogens is 7. The number of pyridine rings is 1. The molecular formula is C24H25F3N8. The summed E-state index contributed by atoms with van der Waals surface area (Å²) in [5, 5.41) is 15.8. The summed E-state index contributed by atoms with van der Waals surface area (Å²) in [6, 6.07) is 5.92. The molecule has 11 heteroatoms. The van der Waals surface area contributed by atoms with Gasteiger partial charge in [0.15, 0.2) is 0 Å². The van der Waals surface area contributed by atoms with E-state index in [1.54, 1.807) is 21.6 Å². The molecule has 1 saturated carbocycles. The van der Waals surface area contributed by atoms with Crippen LogP contribution >= 0.6 is 0 Å². The molecule has 1 fully saturated rings. The van der Waals surface area contributed by atoms with Crippen molar-refractivity contribution in [2.75, 3.05) is 5.32 Å². The molecule has 0 saturated heterocycles. The summed E-state index contributed by atoms with van der Waals surface area (Å²) in [5.41, 5.74) is 2.06. The fourth-order valence-corrected chi connectivity index (χ4v) is 5.18. The van der Waals surface area contributed by atoms with Gasteiger partial charge in [0.1, 0.15) is 22.9 Å². The van der Waals surface area contributed by atoms with Crippen molar-refractivity contribution in [3.05, 3.63) is 53.9 Å². The van der Waals surface area contributed by atoms with Crippen LogP contribution in [-0.2, 0) is 25.4 Å². The zero-order chi connectivity index (χ0) is 24.4. The highest BCUT2D eigenvalue weighted by atomic mass is 19.4. The molecule has 0 aromatic carbocycles. The zero-order valence-corrected chi connectivity index (χ0v) is 19.5. The zero-order valence-electron chi connectivity index (χ0n) is 19.5. The Morgan fingerprint density at radius 3 is 2.63 bits per heavy atom. The topological polar surface area (TPSA) is 78.4 Å². The normalized spacial score (nSPS) is 16.8. The summed E-state index contributed by atoms with van der Waals surface area (Å²) in [6.07, 6.45) is 3.28. The predicted octanol–water partition coefficient (Wildman–Crippen LogP) is 4.85. The average Bonchev–Trinajstić information content (AvgIpc) is 3.45. The Balaban J connectivity index is 1.40.